The van der Waals surface area contributed by atoms with E-state index in [0.717, 1.165) is 0 Å². The summed E-state index contributed by atoms with van der Waals surface area (Å²) < 4.78 is 5.13. The molecule has 1 aliphatic rings. The Morgan fingerprint density at radius 3 is 2.53 bits per heavy atom. The Morgan fingerprint density at radius 2 is 2.12 bits per heavy atom. The fourth-order valence-corrected chi connectivity index (χ4v) is 1.46. The minimum Gasteiger partial charge on any atom is -0.402 e. The largest absolute Gasteiger partial charge is 0.402 e. The lowest BCUT2D eigenvalue weighted by molar-refractivity contribution is -0.135. The van der Waals surface area contributed by atoms with Crippen LogP contribution in [0.4, 0.5) is 0 Å². The Morgan fingerprint density at radius 1 is 1.53 bits per heavy atom. The van der Waals surface area contributed by atoms with E-state index in [0.29, 0.717) is 24.5 Å². The third kappa shape index (κ3) is 3.30. The molecule has 1 saturated heterocycles. The van der Waals surface area contributed by atoms with Gasteiger partial charge in [-0.2, -0.15) is 0 Å². The van der Waals surface area contributed by atoms with E-state index in [1.165, 1.54) is 0 Å². The van der Waals surface area contributed by atoms with Gasteiger partial charge in [0.25, 0.3) is 5.91 Å². The zero-order valence-electron chi connectivity index (χ0n) is 10.9. The van der Waals surface area contributed by atoms with Crippen LogP contribution in [0.25, 0.3) is 0 Å². The molecule has 0 saturated carbocycles. The predicted molar refractivity (Wildman–Crippen MR) is 67.8 cm³/mol. The summed E-state index contributed by atoms with van der Waals surface area (Å²) in [5, 5.41) is 0. The Bertz CT molecular complexity index is 342. The van der Waals surface area contributed by atoms with Crippen LogP contribution in [0, 0.1) is 5.92 Å². The van der Waals surface area contributed by atoms with Crippen molar-refractivity contribution in [1.29, 1.82) is 0 Å². The summed E-state index contributed by atoms with van der Waals surface area (Å²) in [5.41, 5.74) is 6.91. The molecule has 5 heteroatoms. The second kappa shape index (κ2) is 5.82. The van der Waals surface area contributed by atoms with E-state index < -0.39 is 0 Å². The molecule has 0 bridgehead atoms. The molecule has 0 aliphatic carbocycles. The lowest BCUT2D eigenvalue weighted by Crippen LogP contribution is -2.56. The summed E-state index contributed by atoms with van der Waals surface area (Å²) in [7, 11) is 3.25. The number of nitrogens with two attached hydrogens (primary N) is 1. The van der Waals surface area contributed by atoms with Crippen LogP contribution in [-0.4, -0.2) is 49.9 Å². The molecule has 5 nitrogen and oxygen atoms in total. The van der Waals surface area contributed by atoms with Crippen molar-refractivity contribution in [2.75, 3.05) is 27.2 Å². The number of likely N-dealkylation sites (tertiary alicyclic amines) is 1. The predicted octanol–water partition coefficient (Wildman–Crippen LogP) is 0.413. The maximum atomic E-state index is 12.0. The van der Waals surface area contributed by atoms with Gasteiger partial charge in [0, 0.05) is 32.9 Å². The number of hydrogen-bond donors (Lipinski definition) is 1. The van der Waals surface area contributed by atoms with E-state index in [9.17, 15) is 4.79 Å². The van der Waals surface area contributed by atoms with Gasteiger partial charge in [-0.3, -0.25) is 9.79 Å². The van der Waals surface area contributed by atoms with Crippen LogP contribution in [0.1, 0.15) is 13.8 Å². The molecule has 0 radical (unpaired) electrons. The highest BCUT2D eigenvalue weighted by Crippen LogP contribution is 2.12. The van der Waals surface area contributed by atoms with E-state index in [2.05, 4.69) is 4.99 Å². The number of nitrogens with zero attached hydrogens (tertiary/aromatic N) is 2. The van der Waals surface area contributed by atoms with Gasteiger partial charge in [-0.05, 0) is 12.0 Å². The molecular weight excluding hydrogens is 218 g/mol. The number of allylic oxidation sites excluding steroid dienone is 1. The van der Waals surface area contributed by atoms with Crippen LogP contribution in [0.15, 0.2) is 16.8 Å². The summed E-state index contributed by atoms with van der Waals surface area (Å²) in [6.45, 7) is 5.22. The first-order chi connectivity index (χ1) is 7.99. The first-order valence-corrected chi connectivity index (χ1v) is 5.75. The molecule has 1 amide bonds. The van der Waals surface area contributed by atoms with Crippen LogP contribution in [0.5, 0.6) is 0 Å². The average Bonchev–Trinajstić information content (AvgIpc) is 2.23. The van der Waals surface area contributed by atoms with Crippen LogP contribution in [-0.2, 0) is 9.53 Å². The lowest BCUT2D eigenvalue weighted by atomic mass is 10.1. The van der Waals surface area contributed by atoms with Gasteiger partial charge in [0.15, 0.2) is 0 Å². The van der Waals surface area contributed by atoms with Crippen LogP contribution in [0.3, 0.4) is 0 Å². The smallest absolute Gasteiger partial charge is 0.272 e. The van der Waals surface area contributed by atoms with Crippen molar-refractivity contribution >= 4 is 11.6 Å². The average molecular weight is 239 g/mol. The fourth-order valence-electron chi connectivity index (χ4n) is 1.46. The van der Waals surface area contributed by atoms with Crippen molar-refractivity contribution in [3.05, 3.63) is 11.8 Å². The summed E-state index contributed by atoms with van der Waals surface area (Å²) in [4.78, 5) is 17.7. The van der Waals surface area contributed by atoms with Crippen molar-refractivity contribution in [3.8, 4) is 0 Å². The highest BCUT2D eigenvalue weighted by atomic mass is 16.5. The summed E-state index contributed by atoms with van der Waals surface area (Å²) >= 11 is 0. The van der Waals surface area contributed by atoms with Crippen LogP contribution >= 0.6 is 0 Å². The number of amides is 1. The second-order valence-electron chi connectivity index (χ2n) is 4.48. The second-order valence-corrected chi connectivity index (χ2v) is 4.48. The lowest BCUT2D eigenvalue weighted by Gasteiger charge is -2.38. The van der Waals surface area contributed by atoms with Crippen LogP contribution in [0.2, 0.25) is 0 Å². The first kappa shape index (κ1) is 13.7. The van der Waals surface area contributed by atoms with E-state index in [-0.39, 0.29) is 17.9 Å². The Kier molecular flexibility index (Phi) is 4.69. The number of carbonyl (C=O) groups is 1. The molecule has 1 rings (SSSR count). The molecule has 17 heavy (non-hydrogen) atoms. The summed E-state index contributed by atoms with van der Waals surface area (Å²) in [5.74, 6) is 0.132. The molecule has 0 spiro atoms. The molecule has 2 N–H and O–H groups in total. The third-order valence-corrected chi connectivity index (χ3v) is 2.90. The molecular formula is C12H21N3O2. The molecule has 0 aromatic carbocycles. The Labute approximate surface area is 102 Å². The van der Waals surface area contributed by atoms with Gasteiger partial charge in [-0.1, -0.05) is 13.8 Å². The number of rotatable bonds is 4. The normalized spacial score (nSPS) is 18.5. The minimum absolute atomic E-state index is 0.0793. The minimum atomic E-state index is -0.0793. The van der Waals surface area contributed by atoms with Crippen LogP contribution < -0.4 is 5.73 Å². The van der Waals surface area contributed by atoms with Crippen molar-refractivity contribution in [1.82, 2.24) is 4.90 Å². The standard InChI is InChI=1S/C12H21N3O2/c1-8(2)10(13)5-11(14-3)12(16)15-6-9(7-15)17-4/h5,8-9H,6-7,13H2,1-4H3. The fraction of sp³-hybridized carbons (Fsp3) is 0.667. The molecule has 0 aromatic heterocycles. The van der Waals surface area contributed by atoms with Gasteiger partial charge in [-0.15, -0.1) is 0 Å². The summed E-state index contributed by atoms with van der Waals surface area (Å²) in [6.07, 6.45) is 1.82. The summed E-state index contributed by atoms with van der Waals surface area (Å²) in [6, 6.07) is 0. The highest BCUT2D eigenvalue weighted by molar-refractivity contribution is 6.43. The van der Waals surface area contributed by atoms with Gasteiger partial charge in [0.1, 0.15) is 5.71 Å². The first-order valence-electron chi connectivity index (χ1n) is 5.75. The van der Waals surface area contributed by atoms with Crippen molar-refractivity contribution < 1.29 is 9.53 Å². The van der Waals surface area contributed by atoms with E-state index in [1.54, 1.807) is 25.1 Å². The third-order valence-electron chi connectivity index (χ3n) is 2.90. The molecule has 0 atom stereocenters. The monoisotopic (exact) mass is 239 g/mol. The topological polar surface area (TPSA) is 67.9 Å². The molecule has 1 fully saturated rings. The van der Waals surface area contributed by atoms with Gasteiger partial charge in [0.2, 0.25) is 0 Å². The number of ether oxygens (including phenoxy) is 1. The molecule has 0 unspecified atom stereocenters. The Hall–Kier alpha value is -1.36. The van der Waals surface area contributed by atoms with Gasteiger partial charge < -0.3 is 15.4 Å². The maximum absolute atomic E-state index is 12.0. The number of hydrogen-bond acceptors (Lipinski definition) is 4. The maximum Gasteiger partial charge on any atom is 0.272 e. The quantitative estimate of drug-likeness (QED) is 0.723. The van der Waals surface area contributed by atoms with E-state index in [4.69, 9.17) is 10.5 Å². The van der Waals surface area contributed by atoms with Crippen molar-refractivity contribution in [2.24, 2.45) is 16.6 Å². The van der Waals surface area contributed by atoms with Gasteiger partial charge in [0.05, 0.1) is 6.10 Å². The SMILES string of the molecule is CN=C(C=C(N)C(C)C)C(=O)N1CC(OC)C1. The molecule has 1 heterocycles. The number of methoxy groups -OCH3 is 1. The van der Waals surface area contributed by atoms with Gasteiger partial charge >= 0.3 is 0 Å². The molecule has 0 aromatic rings. The van der Waals surface area contributed by atoms with Crippen molar-refractivity contribution in [3.63, 3.8) is 0 Å². The van der Waals surface area contributed by atoms with Gasteiger partial charge in [-0.25, -0.2) is 0 Å². The molecule has 1 aliphatic heterocycles. The zero-order valence-corrected chi connectivity index (χ0v) is 10.9. The van der Waals surface area contributed by atoms with E-state index >= 15 is 0 Å². The number of carbonyl (C=O) groups excluding carboxylic acids is 1. The molecule has 96 valence electrons. The van der Waals surface area contributed by atoms with Crippen molar-refractivity contribution in [2.45, 2.75) is 20.0 Å². The Balaban J connectivity index is 2.64. The van der Waals surface area contributed by atoms with E-state index in [1.807, 2.05) is 13.8 Å². The zero-order chi connectivity index (χ0) is 13.0. The highest BCUT2D eigenvalue weighted by Gasteiger charge is 2.32. The number of aliphatic imine (C=N–C) groups is 1.